The van der Waals surface area contributed by atoms with Gasteiger partial charge in [-0.05, 0) is 61.0 Å². The second kappa shape index (κ2) is 7.92. The number of ether oxygens (including phenoxy) is 1. The van der Waals surface area contributed by atoms with Crippen LogP contribution in [0.2, 0.25) is 0 Å². The number of benzene rings is 4. The molecule has 0 aliphatic rings. The Morgan fingerprint density at radius 3 is 2.35 bits per heavy atom. The SMILES string of the molecule is Cc1cc(C)c(Cn2c(COc3cccc4ccccc34)nc3ccccc32)c(C)c1. The van der Waals surface area contributed by atoms with Crippen LogP contribution >= 0.6 is 0 Å². The Hall–Kier alpha value is -3.59. The Balaban J connectivity index is 1.53. The average molecular weight is 407 g/mol. The predicted molar refractivity (Wildman–Crippen MR) is 128 cm³/mol. The summed E-state index contributed by atoms with van der Waals surface area (Å²) < 4.78 is 8.61. The highest BCUT2D eigenvalue weighted by Crippen LogP contribution is 2.27. The molecule has 0 atom stereocenters. The number of hydrogen-bond donors (Lipinski definition) is 0. The van der Waals surface area contributed by atoms with Crippen LogP contribution < -0.4 is 4.74 Å². The summed E-state index contributed by atoms with van der Waals surface area (Å²) in [6.45, 7) is 7.75. The molecule has 4 aromatic carbocycles. The normalized spacial score (nSPS) is 11.3. The lowest BCUT2D eigenvalue weighted by Crippen LogP contribution is -2.10. The second-order valence-electron chi connectivity index (χ2n) is 8.25. The van der Waals surface area contributed by atoms with Crippen molar-refractivity contribution in [1.82, 2.24) is 9.55 Å². The van der Waals surface area contributed by atoms with E-state index in [4.69, 9.17) is 9.72 Å². The molecule has 5 rings (SSSR count). The molecule has 0 N–H and O–H groups in total. The van der Waals surface area contributed by atoms with Crippen LogP contribution in [0.1, 0.15) is 28.1 Å². The quantitative estimate of drug-likeness (QED) is 0.323. The Kier molecular flexibility index (Phi) is 4.95. The maximum absolute atomic E-state index is 6.31. The summed E-state index contributed by atoms with van der Waals surface area (Å²) in [6, 6.07) is 27.3. The Labute approximate surface area is 182 Å². The summed E-state index contributed by atoms with van der Waals surface area (Å²) in [6.07, 6.45) is 0. The van der Waals surface area contributed by atoms with Gasteiger partial charge in [0.15, 0.2) is 0 Å². The molecule has 0 amide bonds. The highest BCUT2D eigenvalue weighted by Gasteiger charge is 2.14. The number of hydrogen-bond acceptors (Lipinski definition) is 2. The lowest BCUT2D eigenvalue weighted by Gasteiger charge is -2.16. The van der Waals surface area contributed by atoms with Crippen molar-refractivity contribution in [2.75, 3.05) is 0 Å². The van der Waals surface area contributed by atoms with Gasteiger partial charge in [-0.3, -0.25) is 0 Å². The van der Waals surface area contributed by atoms with Gasteiger partial charge >= 0.3 is 0 Å². The van der Waals surface area contributed by atoms with Crippen molar-refractivity contribution in [2.24, 2.45) is 0 Å². The zero-order chi connectivity index (χ0) is 21.4. The smallest absolute Gasteiger partial charge is 0.148 e. The molecule has 3 nitrogen and oxygen atoms in total. The third-order valence-electron chi connectivity index (χ3n) is 6.00. The molecule has 0 spiro atoms. The van der Waals surface area contributed by atoms with E-state index in [1.807, 2.05) is 24.3 Å². The minimum Gasteiger partial charge on any atom is -0.485 e. The molecule has 0 saturated carbocycles. The number of imidazole rings is 1. The number of nitrogens with zero attached hydrogens (tertiary/aromatic N) is 2. The first-order valence-electron chi connectivity index (χ1n) is 10.7. The fourth-order valence-corrected chi connectivity index (χ4v) is 4.49. The molecule has 0 aliphatic heterocycles. The molecule has 0 unspecified atom stereocenters. The maximum Gasteiger partial charge on any atom is 0.148 e. The van der Waals surface area contributed by atoms with Crippen molar-refractivity contribution in [3.05, 3.63) is 107 Å². The number of aromatic nitrogens is 2. The number of aryl methyl sites for hydroxylation is 3. The second-order valence-corrected chi connectivity index (χ2v) is 8.25. The van der Waals surface area contributed by atoms with Gasteiger partial charge in [0.25, 0.3) is 0 Å². The molecule has 3 heteroatoms. The largest absolute Gasteiger partial charge is 0.485 e. The van der Waals surface area contributed by atoms with Crippen LogP contribution in [0.25, 0.3) is 21.8 Å². The van der Waals surface area contributed by atoms with E-state index < -0.39 is 0 Å². The molecular weight excluding hydrogens is 380 g/mol. The molecule has 31 heavy (non-hydrogen) atoms. The first-order chi connectivity index (χ1) is 15.1. The molecule has 1 aromatic heterocycles. The van der Waals surface area contributed by atoms with Gasteiger partial charge in [-0.15, -0.1) is 0 Å². The minimum atomic E-state index is 0.423. The van der Waals surface area contributed by atoms with Crippen LogP contribution in [0.4, 0.5) is 0 Å². The number of fused-ring (bicyclic) bond motifs is 2. The topological polar surface area (TPSA) is 27.1 Å². The van der Waals surface area contributed by atoms with E-state index in [0.717, 1.165) is 34.5 Å². The molecule has 0 bridgehead atoms. The van der Waals surface area contributed by atoms with Crippen molar-refractivity contribution in [2.45, 2.75) is 33.9 Å². The Morgan fingerprint density at radius 1 is 0.806 bits per heavy atom. The first kappa shape index (κ1) is 19.4. The van der Waals surface area contributed by atoms with Gasteiger partial charge < -0.3 is 9.30 Å². The van der Waals surface area contributed by atoms with E-state index >= 15 is 0 Å². The summed E-state index contributed by atoms with van der Waals surface area (Å²) in [7, 11) is 0. The third kappa shape index (κ3) is 3.68. The minimum absolute atomic E-state index is 0.423. The van der Waals surface area contributed by atoms with Gasteiger partial charge in [0.05, 0.1) is 11.0 Å². The monoisotopic (exact) mass is 406 g/mol. The lowest BCUT2D eigenvalue weighted by molar-refractivity contribution is 0.295. The van der Waals surface area contributed by atoms with Gasteiger partial charge in [-0.1, -0.05) is 66.2 Å². The summed E-state index contributed by atoms with van der Waals surface area (Å²) in [5, 5.41) is 2.30. The third-order valence-corrected chi connectivity index (χ3v) is 6.00. The van der Waals surface area contributed by atoms with Crippen LogP contribution in [-0.4, -0.2) is 9.55 Å². The van der Waals surface area contributed by atoms with Crippen LogP contribution in [0.5, 0.6) is 5.75 Å². The first-order valence-corrected chi connectivity index (χ1v) is 10.7. The van der Waals surface area contributed by atoms with Gasteiger partial charge in [0.1, 0.15) is 18.2 Å². The molecule has 154 valence electrons. The van der Waals surface area contributed by atoms with Crippen LogP contribution in [0.3, 0.4) is 0 Å². The van der Waals surface area contributed by atoms with Crippen molar-refractivity contribution >= 4 is 21.8 Å². The van der Waals surface area contributed by atoms with E-state index in [1.165, 1.54) is 27.6 Å². The van der Waals surface area contributed by atoms with E-state index in [-0.39, 0.29) is 0 Å². The zero-order valence-corrected chi connectivity index (χ0v) is 18.2. The fraction of sp³-hybridized carbons (Fsp3) is 0.179. The molecule has 5 aromatic rings. The van der Waals surface area contributed by atoms with Crippen molar-refractivity contribution in [1.29, 1.82) is 0 Å². The van der Waals surface area contributed by atoms with E-state index in [0.29, 0.717) is 6.61 Å². The molecule has 0 aliphatic carbocycles. The standard InChI is InChI=1S/C28H26N2O/c1-19-15-20(2)24(21(3)16-19)17-30-26-13-7-6-12-25(26)29-28(30)18-31-27-14-8-10-22-9-4-5-11-23(22)27/h4-16H,17-18H2,1-3H3. The average Bonchev–Trinajstić information content (AvgIpc) is 3.12. The van der Waals surface area contributed by atoms with Gasteiger partial charge in [-0.25, -0.2) is 4.98 Å². The lowest BCUT2D eigenvalue weighted by atomic mass is 10.00. The number of rotatable bonds is 5. The van der Waals surface area contributed by atoms with Gasteiger partial charge in [0.2, 0.25) is 0 Å². The van der Waals surface area contributed by atoms with Crippen molar-refractivity contribution in [3.63, 3.8) is 0 Å². The van der Waals surface area contributed by atoms with E-state index in [9.17, 15) is 0 Å². The molecule has 0 radical (unpaired) electrons. The summed E-state index contributed by atoms with van der Waals surface area (Å²) in [4.78, 5) is 4.92. The Morgan fingerprint density at radius 2 is 1.52 bits per heavy atom. The zero-order valence-electron chi connectivity index (χ0n) is 18.2. The van der Waals surface area contributed by atoms with E-state index in [2.05, 4.69) is 79.9 Å². The van der Waals surface area contributed by atoms with Crippen LogP contribution in [0, 0.1) is 20.8 Å². The predicted octanol–water partition coefficient (Wildman–Crippen LogP) is 6.74. The van der Waals surface area contributed by atoms with E-state index in [1.54, 1.807) is 0 Å². The van der Waals surface area contributed by atoms with Crippen molar-refractivity contribution < 1.29 is 4.74 Å². The molecule has 0 fully saturated rings. The summed E-state index contributed by atoms with van der Waals surface area (Å²) in [5.74, 6) is 1.83. The highest BCUT2D eigenvalue weighted by molar-refractivity contribution is 5.88. The number of para-hydroxylation sites is 2. The van der Waals surface area contributed by atoms with Crippen LogP contribution in [0.15, 0.2) is 78.9 Å². The Bertz CT molecular complexity index is 1370. The molecular formula is C28H26N2O. The van der Waals surface area contributed by atoms with Crippen LogP contribution in [-0.2, 0) is 13.2 Å². The maximum atomic E-state index is 6.31. The summed E-state index contributed by atoms with van der Waals surface area (Å²) >= 11 is 0. The summed E-state index contributed by atoms with van der Waals surface area (Å²) in [5.41, 5.74) is 7.42. The fourth-order valence-electron chi connectivity index (χ4n) is 4.49. The van der Waals surface area contributed by atoms with Crippen molar-refractivity contribution in [3.8, 4) is 5.75 Å². The van der Waals surface area contributed by atoms with Gasteiger partial charge in [0, 0.05) is 11.9 Å². The highest BCUT2D eigenvalue weighted by atomic mass is 16.5. The molecule has 1 heterocycles. The molecule has 0 saturated heterocycles. The van der Waals surface area contributed by atoms with Gasteiger partial charge in [-0.2, -0.15) is 0 Å².